The van der Waals surface area contributed by atoms with Gasteiger partial charge < -0.3 is 5.73 Å². The standard InChI is InChI=1S/C15H24N2O2S2/c1-4-20-13-7-5-6-12(13)17-21(18,19)15-11(3)9-8-10(2)14(15)16/h8-9,12-13,17H,4-7,16H2,1-3H3. The molecule has 1 aromatic carbocycles. The summed E-state index contributed by atoms with van der Waals surface area (Å²) in [6.45, 7) is 5.73. The van der Waals surface area contributed by atoms with Crippen molar-refractivity contribution in [2.75, 3.05) is 11.5 Å². The van der Waals surface area contributed by atoms with Gasteiger partial charge in [-0.15, -0.1) is 0 Å². The van der Waals surface area contributed by atoms with Crippen molar-refractivity contribution in [2.45, 2.75) is 56.2 Å². The van der Waals surface area contributed by atoms with Gasteiger partial charge in [-0.1, -0.05) is 25.5 Å². The Labute approximate surface area is 131 Å². The van der Waals surface area contributed by atoms with Crippen molar-refractivity contribution in [1.29, 1.82) is 0 Å². The number of aryl methyl sites for hydroxylation is 2. The molecule has 0 aliphatic heterocycles. The normalized spacial score (nSPS) is 22.6. The first-order chi connectivity index (χ1) is 9.86. The van der Waals surface area contributed by atoms with Gasteiger partial charge in [0, 0.05) is 11.3 Å². The van der Waals surface area contributed by atoms with Crippen LogP contribution < -0.4 is 10.5 Å². The van der Waals surface area contributed by atoms with E-state index in [9.17, 15) is 8.42 Å². The molecule has 2 rings (SSSR count). The second-order valence-corrected chi connectivity index (χ2v) is 8.76. The number of nitrogens with one attached hydrogen (secondary N) is 1. The van der Waals surface area contributed by atoms with Crippen molar-refractivity contribution in [3.8, 4) is 0 Å². The number of benzene rings is 1. The van der Waals surface area contributed by atoms with E-state index in [-0.39, 0.29) is 10.9 Å². The molecule has 21 heavy (non-hydrogen) atoms. The highest BCUT2D eigenvalue weighted by molar-refractivity contribution is 8.00. The third-order valence-corrected chi connectivity index (χ3v) is 7.04. The van der Waals surface area contributed by atoms with Crippen LogP contribution >= 0.6 is 11.8 Å². The second-order valence-electron chi connectivity index (χ2n) is 5.59. The number of nitrogen functional groups attached to an aromatic ring is 1. The molecule has 1 saturated carbocycles. The Balaban J connectivity index is 2.29. The Morgan fingerprint density at radius 2 is 1.95 bits per heavy atom. The minimum Gasteiger partial charge on any atom is -0.397 e. The van der Waals surface area contributed by atoms with E-state index in [1.165, 1.54) is 0 Å². The predicted molar refractivity (Wildman–Crippen MR) is 90.2 cm³/mol. The topological polar surface area (TPSA) is 72.2 Å². The van der Waals surface area contributed by atoms with Crippen LogP contribution in [0.25, 0.3) is 0 Å². The number of anilines is 1. The minimum absolute atomic E-state index is 0.0132. The molecule has 0 saturated heterocycles. The Kier molecular flexibility index (Phi) is 5.22. The van der Waals surface area contributed by atoms with Gasteiger partial charge in [-0.2, -0.15) is 11.8 Å². The molecule has 0 spiro atoms. The van der Waals surface area contributed by atoms with Gasteiger partial charge in [0.25, 0.3) is 0 Å². The lowest BCUT2D eigenvalue weighted by atomic mass is 10.1. The molecule has 0 heterocycles. The summed E-state index contributed by atoms with van der Waals surface area (Å²) in [6.07, 6.45) is 3.06. The number of hydrogen-bond acceptors (Lipinski definition) is 4. The fourth-order valence-electron chi connectivity index (χ4n) is 2.90. The van der Waals surface area contributed by atoms with Crippen LogP contribution in [0.5, 0.6) is 0 Å². The van der Waals surface area contributed by atoms with Gasteiger partial charge in [-0.05, 0) is 43.6 Å². The number of nitrogens with two attached hydrogens (primary N) is 1. The van der Waals surface area contributed by atoms with Gasteiger partial charge in [0.2, 0.25) is 10.0 Å². The molecule has 0 bridgehead atoms. The van der Waals surface area contributed by atoms with Crippen LogP contribution in [0.15, 0.2) is 17.0 Å². The summed E-state index contributed by atoms with van der Waals surface area (Å²) in [5.74, 6) is 1.01. The van der Waals surface area contributed by atoms with E-state index in [1.54, 1.807) is 6.92 Å². The molecule has 1 aromatic rings. The minimum atomic E-state index is -3.57. The first-order valence-electron chi connectivity index (χ1n) is 7.36. The third kappa shape index (κ3) is 3.55. The fourth-order valence-corrected chi connectivity index (χ4v) is 5.92. The zero-order chi connectivity index (χ0) is 15.6. The van der Waals surface area contributed by atoms with Crippen LogP contribution in [0.4, 0.5) is 5.69 Å². The summed E-state index contributed by atoms with van der Waals surface area (Å²) in [6, 6.07) is 3.68. The summed E-state index contributed by atoms with van der Waals surface area (Å²) < 4.78 is 28.3. The monoisotopic (exact) mass is 328 g/mol. The van der Waals surface area contributed by atoms with E-state index in [2.05, 4.69) is 11.6 Å². The lowest BCUT2D eigenvalue weighted by Crippen LogP contribution is -2.39. The number of rotatable bonds is 5. The molecule has 1 aliphatic carbocycles. The average Bonchev–Trinajstić information content (AvgIpc) is 2.81. The van der Waals surface area contributed by atoms with Gasteiger partial charge in [0.15, 0.2) is 0 Å². The lowest BCUT2D eigenvalue weighted by molar-refractivity contribution is 0.555. The van der Waals surface area contributed by atoms with Crippen molar-refractivity contribution in [2.24, 2.45) is 0 Å². The van der Waals surface area contributed by atoms with Gasteiger partial charge in [-0.3, -0.25) is 0 Å². The zero-order valence-electron chi connectivity index (χ0n) is 12.8. The lowest BCUT2D eigenvalue weighted by Gasteiger charge is -2.21. The molecule has 118 valence electrons. The molecule has 4 nitrogen and oxygen atoms in total. The van der Waals surface area contributed by atoms with Crippen LogP contribution in [-0.4, -0.2) is 25.5 Å². The molecule has 3 N–H and O–H groups in total. The molecule has 6 heteroatoms. The predicted octanol–water partition coefficient (Wildman–Crippen LogP) is 2.84. The maximum atomic E-state index is 12.7. The summed E-state index contributed by atoms with van der Waals surface area (Å²) in [7, 11) is -3.57. The summed E-state index contributed by atoms with van der Waals surface area (Å²) in [4.78, 5) is 0.245. The maximum absolute atomic E-state index is 12.7. The Morgan fingerprint density at radius 1 is 1.29 bits per heavy atom. The average molecular weight is 329 g/mol. The first kappa shape index (κ1) is 16.6. The van der Waals surface area contributed by atoms with Gasteiger partial charge in [0.05, 0.1) is 5.69 Å². The van der Waals surface area contributed by atoms with E-state index < -0.39 is 10.0 Å². The van der Waals surface area contributed by atoms with Crippen molar-refractivity contribution in [3.63, 3.8) is 0 Å². The highest BCUT2D eigenvalue weighted by Gasteiger charge is 2.32. The third-order valence-electron chi connectivity index (χ3n) is 4.02. The number of thioether (sulfide) groups is 1. The molecule has 2 unspecified atom stereocenters. The maximum Gasteiger partial charge on any atom is 0.243 e. The largest absolute Gasteiger partial charge is 0.397 e. The van der Waals surface area contributed by atoms with E-state index in [0.29, 0.717) is 16.5 Å². The highest BCUT2D eigenvalue weighted by Crippen LogP contribution is 2.32. The Hall–Kier alpha value is -0.720. The van der Waals surface area contributed by atoms with Crippen molar-refractivity contribution >= 4 is 27.5 Å². The van der Waals surface area contributed by atoms with Crippen LogP contribution in [0.2, 0.25) is 0 Å². The van der Waals surface area contributed by atoms with Gasteiger partial charge >= 0.3 is 0 Å². The highest BCUT2D eigenvalue weighted by atomic mass is 32.2. The Bertz CT molecular complexity index is 614. The Morgan fingerprint density at radius 3 is 2.62 bits per heavy atom. The van der Waals surface area contributed by atoms with E-state index in [1.807, 2.05) is 30.8 Å². The van der Waals surface area contributed by atoms with E-state index in [0.717, 1.165) is 30.6 Å². The van der Waals surface area contributed by atoms with Crippen molar-refractivity contribution in [3.05, 3.63) is 23.3 Å². The summed E-state index contributed by atoms with van der Waals surface area (Å²) in [5.41, 5.74) is 7.87. The zero-order valence-corrected chi connectivity index (χ0v) is 14.5. The summed E-state index contributed by atoms with van der Waals surface area (Å²) in [5, 5.41) is 0.371. The van der Waals surface area contributed by atoms with Crippen LogP contribution in [0.1, 0.15) is 37.3 Å². The molecule has 2 atom stereocenters. The molecule has 0 radical (unpaired) electrons. The second kappa shape index (κ2) is 6.58. The smallest absolute Gasteiger partial charge is 0.243 e. The molecule has 1 aliphatic rings. The van der Waals surface area contributed by atoms with Gasteiger partial charge in [0.1, 0.15) is 4.90 Å². The van der Waals surface area contributed by atoms with Crippen molar-refractivity contribution < 1.29 is 8.42 Å². The van der Waals surface area contributed by atoms with Gasteiger partial charge in [-0.25, -0.2) is 13.1 Å². The van der Waals surface area contributed by atoms with E-state index >= 15 is 0 Å². The molecule has 0 amide bonds. The molecular weight excluding hydrogens is 304 g/mol. The van der Waals surface area contributed by atoms with E-state index in [4.69, 9.17) is 5.73 Å². The van der Waals surface area contributed by atoms with Crippen LogP contribution in [0.3, 0.4) is 0 Å². The number of hydrogen-bond donors (Lipinski definition) is 2. The van der Waals surface area contributed by atoms with Crippen LogP contribution in [-0.2, 0) is 10.0 Å². The van der Waals surface area contributed by atoms with Crippen LogP contribution in [0, 0.1) is 13.8 Å². The molecular formula is C15H24N2O2S2. The summed E-state index contributed by atoms with van der Waals surface area (Å²) >= 11 is 1.84. The molecule has 0 aromatic heterocycles. The van der Waals surface area contributed by atoms with Crippen molar-refractivity contribution in [1.82, 2.24) is 4.72 Å². The SMILES string of the molecule is CCSC1CCCC1NS(=O)(=O)c1c(C)ccc(C)c1N. The fraction of sp³-hybridized carbons (Fsp3) is 0.600. The quantitative estimate of drug-likeness (QED) is 0.815. The first-order valence-corrected chi connectivity index (χ1v) is 9.89. The molecule has 1 fully saturated rings. The number of sulfonamides is 1.